The lowest BCUT2D eigenvalue weighted by Crippen LogP contribution is -2.34. The molecule has 0 radical (unpaired) electrons. The third-order valence-electron chi connectivity index (χ3n) is 4.62. The minimum Gasteiger partial charge on any atom is -0.494 e. The minimum absolute atomic E-state index is 0.0430. The second-order valence-electron chi connectivity index (χ2n) is 6.51. The van der Waals surface area contributed by atoms with Crippen LogP contribution < -0.4 is 10.5 Å². The maximum Gasteiger partial charge on any atom is 0.169 e. The molecule has 0 aromatic heterocycles. The van der Waals surface area contributed by atoms with Gasteiger partial charge in [-0.1, -0.05) is 38.8 Å². The summed E-state index contributed by atoms with van der Waals surface area (Å²) in [7, 11) is 1.49. The van der Waals surface area contributed by atoms with Gasteiger partial charge in [-0.2, -0.15) is 0 Å². The van der Waals surface area contributed by atoms with Gasteiger partial charge >= 0.3 is 0 Å². The van der Waals surface area contributed by atoms with Crippen LogP contribution in [-0.2, 0) is 0 Å². The molecule has 0 spiro atoms. The number of nitrogens with two attached hydrogens (primary N) is 1. The van der Waals surface area contributed by atoms with Gasteiger partial charge in [0.15, 0.2) is 11.6 Å². The molecule has 0 saturated heterocycles. The van der Waals surface area contributed by atoms with Crippen LogP contribution in [-0.4, -0.2) is 7.11 Å². The van der Waals surface area contributed by atoms with Crippen LogP contribution in [0.15, 0.2) is 18.2 Å². The van der Waals surface area contributed by atoms with Gasteiger partial charge in [0.1, 0.15) is 0 Å². The van der Waals surface area contributed by atoms with Crippen molar-refractivity contribution in [3.8, 4) is 5.75 Å². The maximum absolute atomic E-state index is 14.5. The number of methoxy groups -OCH3 is 1. The van der Waals surface area contributed by atoms with Gasteiger partial charge in [-0.25, -0.2) is 4.39 Å². The van der Waals surface area contributed by atoms with Crippen molar-refractivity contribution in [1.29, 1.82) is 0 Å². The molecule has 0 amide bonds. The highest BCUT2D eigenvalue weighted by atomic mass is 19.1. The van der Waals surface area contributed by atoms with E-state index in [2.05, 4.69) is 13.8 Å². The van der Waals surface area contributed by atoms with Crippen molar-refractivity contribution >= 4 is 0 Å². The summed E-state index contributed by atoms with van der Waals surface area (Å²) in [6, 6.07) is 5.04. The Hall–Kier alpha value is -1.09. The zero-order valence-corrected chi connectivity index (χ0v) is 12.8. The number of ether oxygens (including phenoxy) is 1. The van der Waals surface area contributed by atoms with Gasteiger partial charge in [0.05, 0.1) is 7.11 Å². The van der Waals surface area contributed by atoms with E-state index < -0.39 is 0 Å². The molecule has 0 bridgehead atoms. The highest BCUT2D eigenvalue weighted by Gasteiger charge is 2.41. The fourth-order valence-electron chi connectivity index (χ4n) is 3.79. The topological polar surface area (TPSA) is 35.2 Å². The average molecular weight is 279 g/mol. The van der Waals surface area contributed by atoms with Crippen LogP contribution in [0.2, 0.25) is 0 Å². The zero-order chi connectivity index (χ0) is 14.8. The summed E-state index contributed by atoms with van der Waals surface area (Å²) in [6.45, 7) is 4.43. The van der Waals surface area contributed by atoms with E-state index in [1.165, 1.54) is 20.0 Å². The molecule has 1 saturated carbocycles. The lowest BCUT2D eigenvalue weighted by atomic mass is 9.70. The highest BCUT2D eigenvalue weighted by Crippen LogP contribution is 2.51. The molecule has 1 aliphatic rings. The van der Waals surface area contributed by atoms with Crippen LogP contribution in [0.1, 0.15) is 57.6 Å². The molecule has 1 unspecified atom stereocenters. The van der Waals surface area contributed by atoms with Crippen molar-refractivity contribution in [2.24, 2.45) is 17.1 Å². The van der Waals surface area contributed by atoms with Crippen LogP contribution in [0, 0.1) is 17.2 Å². The monoisotopic (exact) mass is 279 g/mol. The van der Waals surface area contributed by atoms with Crippen molar-refractivity contribution < 1.29 is 9.13 Å². The molecule has 2 nitrogen and oxygen atoms in total. The summed E-state index contributed by atoms with van der Waals surface area (Å²) in [5, 5.41) is 0. The van der Waals surface area contributed by atoms with Crippen molar-refractivity contribution in [2.45, 2.75) is 52.0 Å². The number of hydrogen-bond acceptors (Lipinski definition) is 2. The van der Waals surface area contributed by atoms with E-state index in [0.717, 1.165) is 19.3 Å². The standard InChI is InChI=1S/C17H26FNO/c1-12(2)11-17(9-4-5-10-17)16(19)13-7-6-8-14(20-3)15(13)18/h6-8,12,16H,4-5,9-11,19H2,1-3H3. The Morgan fingerprint density at radius 3 is 2.50 bits per heavy atom. The fraction of sp³-hybridized carbons (Fsp3) is 0.647. The van der Waals surface area contributed by atoms with Crippen molar-refractivity contribution in [1.82, 2.24) is 0 Å². The predicted molar refractivity (Wildman–Crippen MR) is 80.2 cm³/mol. The molecular formula is C17H26FNO. The van der Waals surface area contributed by atoms with Crippen LogP contribution in [0.5, 0.6) is 5.75 Å². The number of benzene rings is 1. The van der Waals surface area contributed by atoms with Crippen LogP contribution >= 0.6 is 0 Å². The molecule has 0 heterocycles. The molecule has 1 aliphatic carbocycles. The first kappa shape index (κ1) is 15.3. The van der Waals surface area contributed by atoms with Gasteiger partial charge in [-0.3, -0.25) is 0 Å². The van der Waals surface area contributed by atoms with E-state index in [1.807, 2.05) is 12.1 Å². The normalized spacial score (nSPS) is 19.3. The Balaban J connectivity index is 2.35. The van der Waals surface area contributed by atoms with E-state index in [4.69, 9.17) is 10.5 Å². The number of hydrogen-bond donors (Lipinski definition) is 1. The van der Waals surface area contributed by atoms with Gasteiger partial charge in [0, 0.05) is 11.6 Å². The number of rotatable bonds is 5. The minimum atomic E-state index is -0.294. The number of halogens is 1. The second-order valence-corrected chi connectivity index (χ2v) is 6.51. The predicted octanol–water partition coefficient (Wildman–Crippen LogP) is 4.44. The second kappa shape index (κ2) is 6.13. The van der Waals surface area contributed by atoms with Gasteiger partial charge < -0.3 is 10.5 Å². The van der Waals surface area contributed by atoms with E-state index in [9.17, 15) is 4.39 Å². The Morgan fingerprint density at radius 1 is 1.30 bits per heavy atom. The third kappa shape index (κ3) is 2.83. The Bertz CT molecular complexity index is 452. The smallest absolute Gasteiger partial charge is 0.169 e. The maximum atomic E-state index is 14.5. The summed E-state index contributed by atoms with van der Waals surface area (Å²) < 4.78 is 19.6. The molecule has 1 fully saturated rings. The zero-order valence-electron chi connectivity index (χ0n) is 12.8. The molecule has 0 aliphatic heterocycles. The largest absolute Gasteiger partial charge is 0.494 e. The average Bonchev–Trinajstić information content (AvgIpc) is 2.87. The Labute approximate surface area is 121 Å². The van der Waals surface area contributed by atoms with Gasteiger partial charge in [-0.05, 0) is 36.7 Å². The van der Waals surface area contributed by atoms with Crippen LogP contribution in [0.3, 0.4) is 0 Å². The molecule has 20 heavy (non-hydrogen) atoms. The van der Waals surface area contributed by atoms with Crippen molar-refractivity contribution in [2.75, 3.05) is 7.11 Å². The fourth-order valence-corrected chi connectivity index (χ4v) is 3.79. The first-order chi connectivity index (χ1) is 9.50. The summed E-state index contributed by atoms with van der Waals surface area (Å²) in [4.78, 5) is 0. The summed E-state index contributed by atoms with van der Waals surface area (Å²) in [5.41, 5.74) is 7.16. The van der Waals surface area contributed by atoms with Crippen LogP contribution in [0.25, 0.3) is 0 Å². The van der Waals surface area contributed by atoms with Crippen LogP contribution in [0.4, 0.5) is 4.39 Å². The Kier molecular flexibility index (Phi) is 4.69. The molecule has 1 aromatic rings. The molecule has 112 valence electrons. The molecule has 2 rings (SSSR count). The van der Waals surface area contributed by atoms with Gasteiger partial charge in [0.25, 0.3) is 0 Å². The lowest BCUT2D eigenvalue weighted by Gasteiger charge is -2.37. The molecule has 3 heteroatoms. The molecule has 2 N–H and O–H groups in total. The summed E-state index contributed by atoms with van der Waals surface area (Å²) in [6.07, 6.45) is 5.66. The van der Waals surface area contributed by atoms with Gasteiger partial charge in [-0.15, -0.1) is 0 Å². The highest BCUT2D eigenvalue weighted by molar-refractivity contribution is 5.34. The Morgan fingerprint density at radius 2 is 1.95 bits per heavy atom. The molecule has 1 atom stereocenters. The summed E-state index contributed by atoms with van der Waals surface area (Å²) in [5.74, 6) is 0.570. The van der Waals surface area contributed by atoms with Crippen molar-refractivity contribution in [3.05, 3.63) is 29.6 Å². The SMILES string of the molecule is COc1cccc(C(N)C2(CC(C)C)CCCC2)c1F. The summed E-state index contributed by atoms with van der Waals surface area (Å²) >= 11 is 0. The van der Waals surface area contributed by atoms with Crippen molar-refractivity contribution in [3.63, 3.8) is 0 Å². The van der Waals surface area contributed by atoms with E-state index in [-0.39, 0.29) is 23.0 Å². The van der Waals surface area contributed by atoms with E-state index in [1.54, 1.807) is 6.07 Å². The molecular weight excluding hydrogens is 253 g/mol. The quantitative estimate of drug-likeness (QED) is 0.864. The lowest BCUT2D eigenvalue weighted by molar-refractivity contribution is 0.180. The van der Waals surface area contributed by atoms with Gasteiger partial charge in [0.2, 0.25) is 0 Å². The third-order valence-corrected chi connectivity index (χ3v) is 4.62. The van der Waals surface area contributed by atoms with E-state index in [0.29, 0.717) is 11.5 Å². The molecule has 1 aromatic carbocycles. The first-order valence-corrected chi connectivity index (χ1v) is 7.58. The first-order valence-electron chi connectivity index (χ1n) is 7.58. The van der Waals surface area contributed by atoms with E-state index >= 15 is 0 Å².